The molecule has 1 rings (SSSR count). The predicted octanol–water partition coefficient (Wildman–Crippen LogP) is 2.45. The summed E-state index contributed by atoms with van der Waals surface area (Å²) in [4.78, 5) is 3.91. The molecule has 0 bridgehead atoms. The van der Waals surface area contributed by atoms with Gasteiger partial charge in [0.2, 0.25) is 0 Å². The van der Waals surface area contributed by atoms with Crippen molar-refractivity contribution in [1.82, 2.24) is 4.98 Å². The van der Waals surface area contributed by atoms with Crippen molar-refractivity contribution >= 4 is 5.71 Å². The minimum absolute atomic E-state index is 0.740. The van der Waals surface area contributed by atoms with E-state index in [4.69, 9.17) is 5.21 Å². The van der Waals surface area contributed by atoms with Crippen LogP contribution in [0.2, 0.25) is 0 Å². The zero-order valence-electron chi connectivity index (χ0n) is 7.77. The van der Waals surface area contributed by atoms with E-state index in [1.54, 1.807) is 12.4 Å². The highest BCUT2D eigenvalue weighted by Crippen LogP contribution is 2.06. The van der Waals surface area contributed by atoms with E-state index in [0.29, 0.717) is 0 Å². The van der Waals surface area contributed by atoms with E-state index in [1.165, 1.54) is 0 Å². The van der Waals surface area contributed by atoms with Crippen molar-refractivity contribution in [3.8, 4) is 0 Å². The van der Waals surface area contributed by atoms with Crippen molar-refractivity contribution in [2.75, 3.05) is 0 Å². The van der Waals surface area contributed by atoms with Crippen LogP contribution in [0.4, 0.5) is 0 Å². The molecule has 1 aromatic heterocycles. The molecular weight excluding hydrogens is 164 g/mol. The lowest BCUT2D eigenvalue weighted by Gasteiger charge is -2.02. The van der Waals surface area contributed by atoms with Crippen molar-refractivity contribution in [3.05, 3.63) is 30.1 Å². The fraction of sp³-hybridized carbons (Fsp3) is 0.400. The Labute approximate surface area is 78.1 Å². The van der Waals surface area contributed by atoms with E-state index in [9.17, 15) is 0 Å². The first-order chi connectivity index (χ1) is 6.38. The summed E-state index contributed by atoms with van der Waals surface area (Å²) in [5.74, 6) is 0. The van der Waals surface area contributed by atoms with Crippen LogP contribution in [0.3, 0.4) is 0 Å². The molecule has 3 nitrogen and oxygen atoms in total. The highest BCUT2D eigenvalue weighted by molar-refractivity contribution is 5.99. The summed E-state index contributed by atoms with van der Waals surface area (Å²) in [5, 5.41) is 12.1. The Morgan fingerprint density at radius 1 is 1.46 bits per heavy atom. The number of pyridine rings is 1. The summed E-state index contributed by atoms with van der Waals surface area (Å²) in [6.45, 7) is 2.11. The van der Waals surface area contributed by atoms with Crippen molar-refractivity contribution in [3.63, 3.8) is 0 Å². The van der Waals surface area contributed by atoms with Gasteiger partial charge in [0.15, 0.2) is 0 Å². The highest BCUT2D eigenvalue weighted by atomic mass is 16.4. The molecule has 0 aliphatic rings. The smallest absolute Gasteiger partial charge is 0.0868 e. The van der Waals surface area contributed by atoms with Gasteiger partial charge < -0.3 is 5.21 Å². The van der Waals surface area contributed by atoms with Gasteiger partial charge in [-0.05, 0) is 25.0 Å². The van der Waals surface area contributed by atoms with Gasteiger partial charge in [0.05, 0.1) is 5.71 Å². The van der Waals surface area contributed by atoms with Gasteiger partial charge in [-0.25, -0.2) is 0 Å². The topological polar surface area (TPSA) is 45.5 Å². The van der Waals surface area contributed by atoms with Crippen LogP contribution in [0, 0.1) is 0 Å². The van der Waals surface area contributed by atoms with Crippen molar-refractivity contribution in [2.45, 2.75) is 26.2 Å². The Morgan fingerprint density at radius 3 is 2.69 bits per heavy atom. The third-order valence-corrected chi connectivity index (χ3v) is 1.90. The number of nitrogens with zero attached hydrogens (tertiary/aromatic N) is 2. The summed E-state index contributed by atoms with van der Waals surface area (Å²) < 4.78 is 0. The normalized spacial score (nSPS) is 11.6. The molecule has 0 atom stereocenters. The Bertz CT molecular complexity index is 270. The monoisotopic (exact) mass is 178 g/mol. The molecule has 1 heterocycles. The quantitative estimate of drug-likeness (QED) is 0.437. The lowest BCUT2D eigenvalue weighted by molar-refractivity contribution is 0.318. The largest absolute Gasteiger partial charge is 0.411 e. The number of oxime groups is 1. The van der Waals surface area contributed by atoms with Gasteiger partial charge in [-0.2, -0.15) is 0 Å². The van der Waals surface area contributed by atoms with Crippen molar-refractivity contribution in [1.29, 1.82) is 0 Å². The second-order valence-corrected chi connectivity index (χ2v) is 2.89. The summed E-state index contributed by atoms with van der Waals surface area (Å²) in [7, 11) is 0. The van der Waals surface area contributed by atoms with Gasteiger partial charge in [0.1, 0.15) is 0 Å². The third kappa shape index (κ3) is 2.86. The first kappa shape index (κ1) is 9.71. The molecule has 0 saturated carbocycles. The maximum absolute atomic E-state index is 8.77. The minimum atomic E-state index is 0.740. The van der Waals surface area contributed by atoms with Gasteiger partial charge in [-0.15, -0.1) is 0 Å². The van der Waals surface area contributed by atoms with Gasteiger partial charge in [0, 0.05) is 18.0 Å². The molecule has 13 heavy (non-hydrogen) atoms. The van der Waals surface area contributed by atoms with E-state index in [2.05, 4.69) is 17.1 Å². The molecule has 0 radical (unpaired) electrons. The molecule has 0 saturated heterocycles. The molecule has 0 aliphatic carbocycles. The summed E-state index contributed by atoms with van der Waals surface area (Å²) >= 11 is 0. The fourth-order valence-electron chi connectivity index (χ4n) is 1.14. The number of hydrogen-bond acceptors (Lipinski definition) is 3. The lowest BCUT2D eigenvalue weighted by Crippen LogP contribution is -2.00. The molecule has 0 aliphatic heterocycles. The minimum Gasteiger partial charge on any atom is -0.411 e. The van der Waals surface area contributed by atoms with E-state index in [-0.39, 0.29) is 0 Å². The highest BCUT2D eigenvalue weighted by Gasteiger charge is 2.02. The number of hydrogen-bond donors (Lipinski definition) is 1. The summed E-state index contributed by atoms with van der Waals surface area (Å²) in [5.41, 5.74) is 1.69. The maximum atomic E-state index is 8.77. The van der Waals surface area contributed by atoms with Crippen LogP contribution >= 0.6 is 0 Å². The van der Waals surface area contributed by atoms with Crippen LogP contribution in [0.5, 0.6) is 0 Å². The SMILES string of the molecule is CCCCC(=NO)c1ccncc1. The third-order valence-electron chi connectivity index (χ3n) is 1.90. The number of aromatic nitrogens is 1. The van der Waals surface area contributed by atoms with Crippen LogP contribution in [0.25, 0.3) is 0 Å². The Balaban J connectivity index is 2.69. The van der Waals surface area contributed by atoms with Crippen LogP contribution in [-0.4, -0.2) is 15.9 Å². The van der Waals surface area contributed by atoms with E-state index >= 15 is 0 Å². The van der Waals surface area contributed by atoms with Gasteiger partial charge in [-0.1, -0.05) is 18.5 Å². The second-order valence-electron chi connectivity index (χ2n) is 2.89. The molecule has 0 aromatic carbocycles. The Hall–Kier alpha value is -1.38. The molecule has 3 heteroatoms. The second kappa shape index (κ2) is 5.30. The molecule has 0 unspecified atom stereocenters. The molecular formula is C10H14N2O. The molecule has 0 amide bonds. The van der Waals surface area contributed by atoms with Crippen LogP contribution in [-0.2, 0) is 0 Å². The lowest BCUT2D eigenvalue weighted by atomic mass is 10.1. The molecule has 1 N–H and O–H groups in total. The van der Waals surface area contributed by atoms with E-state index in [1.807, 2.05) is 12.1 Å². The van der Waals surface area contributed by atoms with E-state index < -0.39 is 0 Å². The molecule has 70 valence electrons. The molecule has 0 spiro atoms. The summed E-state index contributed by atoms with van der Waals surface area (Å²) in [6.07, 6.45) is 6.36. The van der Waals surface area contributed by atoms with Crippen LogP contribution in [0.1, 0.15) is 31.7 Å². The maximum Gasteiger partial charge on any atom is 0.0868 e. The fourth-order valence-corrected chi connectivity index (χ4v) is 1.14. The van der Waals surface area contributed by atoms with Crippen molar-refractivity contribution in [2.24, 2.45) is 5.16 Å². The average Bonchev–Trinajstić information content (AvgIpc) is 2.21. The average molecular weight is 178 g/mol. The van der Waals surface area contributed by atoms with Gasteiger partial charge in [-0.3, -0.25) is 4.98 Å². The Kier molecular flexibility index (Phi) is 3.96. The van der Waals surface area contributed by atoms with Gasteiger partial charge in [0.25, 0.3) is 0 Å². The molecule has 0 fully saturated rings. The first-order valence-corrected chi connectivity index (χ1v) is 4.49. The Morgan fingerprint density at radius 2 is 2.15 bits per heavy atom. The zero-order valence-corrected chi connectivity index (χ0v) is 7.77. The number of unbranched alkanes of at least 4 members (excludes halogenated alkanes) is 1. The van der Waals surface area contributed by atoms with Crippen LogP contribution in [0.15, 0.2) is 29.7 Å². The van der Waals surface area contributed by atoms with Gasteiger partial charge >= 0.3 is 0 Å². The zero-order chi connectivity index (χ0) is 9.52. The van der Waals surface area contributed by atoms with E-state index in [0.717, 1.165) is 30.5 Å². The summed E-state index contributed by atoms with van der Waals surface area (Å²) in [6, 6.07) is 3.70. The standard InChI is InChI=1S/C10H14N2O/c1-2-3-4-10(12-13)9-5-7-11-8-6-9/h5-8,13H,2-4H2,1H3. The van der Waals surface area contributed by atoms with Crippen molar-refractivity contribution < 1.29 is 5.21 Å². The molecule has 1 aromatic rings. The number of rotatable bonds is 4. The predicted molar refractivity (Wildman–Crippen MR) is 52.1 cm³/mol. The first-order valence-electron chi connectivity index (χ1n) is 4.49. The van der Waals surface area contributed by atoms with Crippen LogP contribution < -0.4 is 0 Å².